The molecule has 26 heavy (non-hydrogen) atoms. The molecule has 0 aromatic heterocycles. The number of carboxylic acid groups (broad SMARTS) is 1. The molecule has 0 heterocycles. The molecular formula is C24H40O2. The van der Waals surface area contributed by atoms with E-state index in [9.17, 15) is 4.79 Å². The van der Waals surface area contributed by atoms with Gasteiger partial charge in [0.05, 0.1) is 0 Å². The summed E-state index contributed by atoms with van der Waals surface area (Å²) in [5, 5.41) is 8.55. The highest BCUT2D eigenvalue weighted by molar-refractivity contribution is 5.66. The average Bonchev–Trinajstić information content (AvgIpc) is 2.62. The Morgan fingerprint density at radius 2 is 1.04 bits per heavy atom. The summed E-state index contributed by atoms with van der Waals surface area (Å²) < 4.78 is 0. The van der Waals surface area contributed by atoms with Gasteiger partial charge in [0, 0.05) is 6.42 Å². The van der Waals surface area contributed by atoms with Crippen molar-refractivity contribution in [2.24, 2.45) is 0 Å². The van der Waals surface area contributed by atoms with E-state index in [-0.39, 0.29) is 0 Å². The minimum atomic E-state index is -0.675. The van der Waals surface area contributed by atoms with Gasteiger partial charge in [0.15, 0.2) is 0 Å². The summed E-state index contributed by atoms with van der Waals surface area (Å²) >= 11 is 0. The normalized spacial score (nSPS) is 12.3. The van der Waals surface area contributed by atoms with Gasteiger partial charge in [-0.15, -0.1) is 0 Å². The lowest BCUT2D eigenvalue weighted by molar-refractivity contribution is -0.137. The Kier molecular flexibility index (Phi) is 20.2. The minimum Gasteiger partial charge on any atom is -0.481 e. The maximum atomic E-state index is 10.4. The molecule has 0 fully saturated rings. The van der Waals surface area contributed by atoms with Crippen molar-refractivity contribution in [3.63, 3.8) is 0 Å². The molecule has 2 nitrogen and oxygen atoms in total. The van der Waals surface area contributed by atoms with Gasteiger partial charge < -0.3 is 5.11 Å². The Bertz CT molecular complexity index is 416. The third-order valence-corrected chi connectivity index (χ3v) is 4.22. The molecule has 0 amide bonds. The number of rotatable bonds is 18. The molecule has 0 aliphatic heterocycles. The fourth-order valence-electron chi connectivity index (χ4n) is 2.63. The van der Waals surface area contributed by atoms with Crippen molar-refractivity contribution in [3.05, 3.63) is 48.6 Å². The quantitative estimate of drug-likeness (QED) is 0.200. The molecule has 0 atom stereocenters. The number of aliphatic carboxylic acids is 1. The van der Waals surface area contributed by atoms with Crippen molar-refractivity contribution in [2.75, 3.05) is 0 Å². The third-order valence-electron chi connectivity index (χ3n) is 4.22. The summed E-state index contributed by atoms with van der Waals surface area (Å²) in [6.45, 7) is 2.24. The lowest BCUT2D eigenvalue weighted by atomic mass is 10.1. The molecule has 2 heteroatoms. The van der Waals surface area contributed by atoms with Crippen LogP contribution in [0.25, 0.3) is 0 Å². The van der Waals surface area contributed by atoms with Crippen LogP contribution in [0.1, 0.15) is 96.8 Å². The van der Waals surface area contributed by atoms with Crippen LogP contribution in [0.2, 0.25) is 0 Å². The smallest absolute Gasteiger partial charge is 0.303 e. The van der Waals surface area contributed by atoms with Crippen molar-refractivity contribution in [2.45, 2.75) is 96.8 Å². The van der Waals surface area contributed by atoms with Gasteiger partial charge in [-0.05, 0) is 51.4 Å². The van der Waals surface area contributed by atoms with Crippen LogP contribution in [0, 0.1) is 0 Å². The predicted octanol–water partition coefficient (Wildman–Crippen LogP) is 7.78. The molecule has 0 bridgehead atoms. The van der Waals surface area contributed by atoms with E-state index in [0.29, 0.717) is 6.42 Å². The van der Waals surface area contributed by atoms with E-state index in [1.54, 1.807) is 0 Å². The highest BCUT2D eigenvalue weighted by atomic mass is 16.4. The van der Waals surface area contributed by atoms with E-state index in [2.05, 4.69) is 55.5 Å². The van der Waals surface area contributed by atoms with Crippen molar-refractivity contribution >= 4 is 5.97 Å². The second-order valence-electron chi connectivity index (χ2n) is 6.79. The standard InChI is InChI=1S/C24H40O2/c1-2-3-4-5-6-7-8-9-10-11-12-13-14-15-16-17-18-19-20-21-22-23-24(25)26/h6-7,9-10,12-13,15-16H,2-5,8,11,14,17-23H2,1H3,(H,25,26)/b7-6+,10-9+,13-12+,16-15+. The molecule has 0 aromatic carbocycles. The topological polar surface area (TPSA) is 37.3 Å². The molecule has 0 saturated carbocycles. The minimum absolute atomic E-state index is 0.317. The third kappa shape index (κ3) is 22.4. The van der Waals surface area contributed by atoms with Gasteiger partial charge in [0.1, 0.15) is 0 Å². The lowest BCUT2D eigenvalue weighted by Gasteiger charge is -1.98. The summed E-state index contributed by atoms with van der Waals surface area (Å²) in [4.78, 5) is 10.4. The Labute approximate surface area is 161 Å². The maximum absolute atomic E-state index is 10.4. The van der Waals surface area contributed by atoms with Crippen LogP contribution in [-0.2, 0) is 4.79 Å². The number of allylic oxidation sites excluding steroid dienone is 8. The zero-order chi connectivity index (χ0) is 19.1. The zero-order valence-electron chi connectivity index (χ0n) is 16.9. The van der Waals surface area contributed by atoms with Crippen LogP contribution < -0.4 is 0 Å². The van der Waals surface area contributed by atoms with Crippen LogP contribution in [-0.4, -0.2) is 11.1 Å². The van der Waals surface area contributed by atoms with E-state index in [1.807, 2.05) is 0 Å². The molecule has 0 aliphatic rings. The molecule has 0 aromatic rings. The second-order valence-corrected chi connectivity index (χ2v) is 6.79. The van der Waals surface area contributed by atoms with Gasteiger partial charge in [0.25, 0.3) is 0 Å². The van der Waals surface area contributed by atoms with Gasteiger partial charge in [-0.3, -0.25) is 4.79 Å². The largest absolute Gasteiger partial charge is 0.481 e. The Balaban J connectivity index is 3.34. The summed E-state index contributed by atoms with van der Waals surface area (Å²) in [6.07, 6.45) is 33.2. The van der Waals surface area contributed by atoms with Crippen molar-refractivity contribution in [1.29, 1.82) is 0 Å². The maximum Gasteiger partial charge on any atom is 0.303 e. The van der Waals surface area contributed by atoms with E-state index in [4.69, 9.17) is 5.11 Å². The molecule has 0 saturated heterocycles. The van der Waals surface area contributed by atoms with Gasteiger partial charge in [0.2, 0.25) is 0 Å². The summed E-state index contributed by atoms with van der Waals surface area (Å²) in [7, 11) is 0. The molecule has 0 spiro atoms. The number of hydrogen-bond acceptors (Lipinski definition) is 1. The number of carboxylic acids is 1. The highest BCUT2D eigenvalue weighted by Gasteiger charge is 1.95. The van der Waals surface area contributed by atoms with Crippen LogP contribution in [0.5, 0.6) is 0 Å². The number of hydrogen-bond donors (Lipinski definition) is 1. The zero-order valence-corrected chi connectivity index (χ0v) is 16.9. The molecular weight excluding hydrogens is 320 g/mol. The molecule has 148 valence electrons. The Morgan fingerprint density at radius 3 is 1.54 bits per heavy atom. The fourth-order valence-corrected chi connectivity index (χ4v) is 2.63. The van der Waals surface area contributed by atoms with Crippen LogP contribution in [0.15, 0.2) is 48.6 Å². The molecule has 0 aliphatic carbocycles. The first-order chi connectivity index (χ1) is 12.8. The van der Waals surface area contributed by atoms with Crippen LogP contribution in [0.4, 0.5) is 0 Å². The van der Waals surface area contributed by atoms with Gasteiger partial charge in [-0.1, -0.05) is 87.6 Å². The second kappa shape index (κ2) is 21.5. The summed E-state index contributed by atoms with van der Waals surface area (Å²) in [5.74, 6) is -0.675. The van der Waals surface area contributed by atoms with Crippen molar-refractivity contribution < 1.29 is 9.90 Å². The first kappa shape index (κ1) is 24.4. The SMILES string of the molecule is CCCCC/C=C/C/C=C/C/C=C/C/C=C/CCCCCCCC(=O)O. The lowest BCUT2D eigenvalue weighted by Crippen LogP contribution is -1.93. The first-order valence-corrected chi connectivity index (χ1v) is 10.6. The molecule has 0 unspecified atom stereocenters. The van der Waals surface area contributed by atoms with Crippen LogP contribution in [0.3, 0.4) is 0 Å². The van der Waals surface area contributed by atoms with Crippen LogP contribution >= 0.6 is 0 Å². The van der Waals surface area contributed by atoms with Crippen molar-refractivity contribution in [1.82, 2.24) is 0 Å². The van der Waals surface area contributed by atoms with E-state index >= 15 is 0 Å². The Morgan fingerprint density at radius 1 is 0.615 bits per heavy atom. The molecule has 0 rings (SSSR count). The molecule has 0 radical (unpaired) electrons. The van der Waals surface area contributed by atoms with E-state index in [1.165, 1.54) is 38.5 Å². The van der Waals surface area contributed by atoms with Gasteiger partial charge in [-0.2, -0.15) is 0 Å². The van der Waals surface area contributed by atoms with Gasteiger partial charge >= 0.3 is 5.97 Å². The predicted molar refractivity (Wildman–Crippen MR) is 115 cm³/mol. The Hall–Kier alpha value is -1.57. The monoisotopic (exact) mass is 360 g/mol. The van der Waals surface area contributed by atoms with Crippen molar-refractivity contribution in [3.8, 4) is 0 Å². The summed E-state index contributed by atoms with van der Waals surface area (Å²) in [5.41, 5.74) is 0. The fraction of sp³-hybridized carbons (Fsp3) is 0.625. The average molecular weight is 361 g/mol. The molecule has 1 N–H and O–H groups in total. The van der Waals surface area contributed by atoms with E-state index in [0.717, 1.165) is 44.9 Å². The highest BCUT2D eigenvalue weighted by Crippen LogP contribution is 2.08. The summed E-state index contributed by atoms with van der Waals surface area (Å²) in [6, 6.07) is 0. The number of carbonyl (C=O) groups is 1. The van der Waals surface area contributed by atoms with Gasteiger partial charge in [-0.25, -0.2) is 0 Å². The first-order valence-electron chi connectivity index (χ1n) is 10.6. The van der Waals surface area contributed by atoms with E-state index < -0.39 is 5.97 Å². The number of unbranched alkanes of at least 4 members (excludes halogenated alkanes) is 8.